The monoisotopic (exact) mass is 595 g/mol. The number of aromatic nitrogens is 2. The van der Waals surface area contributed by atoms with Gasteiger partial charge in [0.2, 0.25) is 0 Å². The fourth-order valence-electron chi connectivity index (χ4n) is 6.11. The fraction of sp³-hybridized carbons (Fsp3) is 0.429. The predicted molar refractivity (Wildman–Crippen MR) is 144 cm³/mol. The molecule has 1 N–H and O–H groups in total. The van der Waals surface area contributed by atoms with Gasteiger partial charge in [0.25, 0.3) is 10.0 Å². The molecule has 5 rings (SSSR count). The molecule has 0 bridgehead atoms. The number of benzene rings is 2. The van der Waals surface area contributed by atoms with Gasteiger partial charge in [-0.1, -0.05) is 6.07 Å². The number of nitrogens with zero attached hydrogens (tertiary/aromatic N) is 4. The third-order valence-electron chi connectivity index (χ3n) is 8.24. The molecule has 1 aliphatic heterocycles. The van der Waals surface area contributed by atoms with Gasteiger partial charge in [-0.25, -0.2) is 27.2 Å². The van der Waals surface area contributed by atoms with E-state index in [1.165, 1.54) is 18.3 Å². The lowest BCUT2D eigenvalue weighted by molar-refractivity contribution is -0.137. The summed E-state index contributed by atoms with van der Waals surface area (Å²) in [5, 5.41) is 0. The molecule has 2 aliphatic rings. The molecule has 2 atom stereocenters. The number of sulfonamides is 1. The second-order valence-electron chi connectivity index (χ2n) is 10.9. The Bertz CT molecular complexity index is 1510. The maximum absolute atomic E-state index is 15.2. The number of nitrogens with one attached hydrogen (secondary N) is 1. The van der Waals surface area contributed by atoms with E-state index >= 15 is 8.78 Å². The largest absolute Gasteiger partial charge is 0.416 e. The Kier molecular flexibility index (Phi) is 7.70. The van der Waals surface area contributed by atoms with E-state index < -0.39 is 43.8 Å². The standard InChI is InChI=1S/C28H30F5N5O2S/c1-37(2)27(15-19-5-4-18-6-7-20(12-22(18)19)28(31,32)33)9-3-11-38(16-27)21-13-23(29)26(24(30)14-21)41(39,40)36-25-8-10-34-17-35-25/h6-8,10,12-14,17,19H,3-5,9,11,15-16H2,1-2H3,(H,34,35,36)/t19-,27+/m0/s1. The van der Waals surface area contributed by atoms with Gasteiger partial charge in [0.15, 0.2) is 4.90 Å². The van der Waals surface area contributed by atoms with Crippen LogP contribution in [0.2, 0.25) is 0 Å². The Labute approximate surface area is 235 Å². The summed E-state index contributed by atoms with van der Waals surface area (Å²) in [6.45, 7) is 0.855. The van der Waals surface area contributed by atoms with Gasteiger partial charge in [0.05, 0.1) is 5.56 Å². The topological polar surface area (TPSA) is 78.4 Å². The average molecular weight is 596 g/mol. The molecule has 13 heteroatoms. The summed E-state index contributed by atoms with van der Waals surface area (Å²) in [5.41, 5.74) is 0.674. The lowest BCUT2D eigenvalue weighted by Gasteiger charge is -2.49. The number of likely N-dealkylation sites (N-methyl/N-ethyl adjacent to an activating group) is 1. The van der Waals surface area contributed by atoms with Crippen LogP contribution < -0.4 is 9.62 Å². The van der Waals surface area contributed by atoms with Crippen molar-refractivity contribution in [3.05, 3.63) is 77.2 Å². The van der Waals surface area contributed by atoms with E-state index in [9.17, 15) is 21.6 Å². The van der Waals surface area contributed by atoms with Crippen LogP contribution in [0.3, 0.4) is 0 Å². The van der Waals surface area contributed by atoms with Gasteiger partial charge < -0.3 is 9.80 Å². The van der Waals surface area contributed by atoms with Gasteiger partial charge in [-0.15, -0.1) is 0 Å². The number of halogens is 5. The highest BCUT2D eigenvalue weighted by atomic mass is 32.2. The van der Waals surface area contributed by atoms with Crippen LogP contribution in [0.1, 0.15) is 48.3 Å². The minimum absolute atomic E-state index is 0.0940. The lowest BCUT2D eigenvalue weighted by atomic mass is 9.77. The van der Waals surface area contributed by atoms with E-state index in [-0.39, 0.29) is 17.4 Å². The van der Waals surface area contributed by atoms with E-state index in [0.717, 1.165) is 42.9 Å². The minimum atomic E-state index is -4.61. The molecule has 0 radical (unpaired) electrons. The number of fused-ring (bicyclic) bond motifs is 1. The van der Waals surface area contributed by atoms with Gasteiger partial charge in [-0.2, -0.15) is 13.2 Å². The lowest BCUT2D eigenvalue weighted by Crippen LogP contribution is -2.57. The minimum Gasteiger partial charge on any atom is -0.370 e. The van der Waals surface area contributed by atoms with E-state index in [2.05, 4.69) is 14.7 Å². The average Bonchev–Trinajstić information content (AvgIpc) is 3.29. The SMILES string of the molecule is CN(C)[C@@]1(C[C@@H]2CCc3ccc(C(F)(F)F)cc32)CCCN(c2cc(F)c(S(=O)(=O)Nc3ccncn3)c(F)c2)C1. The zero-order valence-corrected chi connectivity index (χ0v) is 23.4. The highest BCUT2D eigenvalue weighted by Gasteiger charge is 2.42. The summed E-state index contributed by atoms with van der Waals surface area (Å²) in [6, 6.07) is 7.21. The summed E-state index contributed by atoms with van der Waals surface area (Å²) < 4.78 is 98.3. The molecule has 1 aliphatic carbocycles. The number of alkyl halides is 3. The first-order chi connectivity index (χ1) is 19.3. The van der Waals surface area contributed by atoms with Crippen molar-refractivity contribution in [1.29, 1.82) is 0 Å². The molecule has 7 nitrogen and oxygen atoms in total. The van der Waals surface area contributed by atoms with Crippen LogP contribution in [-0.4, -0.2) is 56.0 Å². The number of rotatable bonds is 7. The summed E-state index contributed by atoms with van der Waals surface area (Å²) in [4.78, 5) is 10.2. The zero-order chi connectivity index (χ0) is 29.6. The first-order valence-electron chi connectivity index (χ1n) is 13.2. The van der Waals surface area contributed by atoms with Gasteiger partial charge in [-0.3, -0.25) is 4.72 Å². The van der Waals surface area contributed by atoms with E-state index in [1.54, 1.807) is 6.07 Å². The van der Waals surface area contributed by atoms with Crippen LogP contribution in [0.5, 0.6) is 0 Å². The van der Waals surface area contributed by atoms with Crippen LogP contribution in [0.25, 0.3) is 0 Å². The highest BCUT2D eigenvalue weighted by molar-refractivity contribution is 7.92. The maximum Gasteiger partial charge on any atom is 0.416 e. The quantitative estimate of drug-likeness (QED) is 0.359. The molecule has 3 aromatic rings. The van der Waals surface area contributed by atoms with Crippen LogP contribution in [0, 0.1) is 11.6 Å². The van der Waals surface area contributed by atoms with Crippen molar-refractivity contribution in [2.24, 2.45) is 0 Å². The summed E-state index contributed by atoms with van der Waals surface area (Å²) >= 11 is 0. The van der Waals surface area contributed by atoms with Crippen LogP contribution in [0.4, 0.5) is 33.5 Å². The predicted octanol–water partition coefficient (Wildman–Crippen LogP) is 5.60. The van der Waals surface area contributed by atoms with Crippen LogP contribution in [-0.2, 0) is 22.6 Å². The Hall–Kier alpha value is -3.32. The molecule has 0 amide bonds. The zero-order valence-electron chi connectivity index (χ0n) is 22.5. The van der Waals surface area contributed by atoms with Gasteiger partial charge in [0.1, 0.15) is 23.8 Å². The molecule has 0 spiro atoms. The van der Waals surface area contributed by atoms with E-state index in [1.807, 2.05) is 23.9 Å². The Morgan fingerprint density at radius 3 is 2.49 bits per heavy atom. The van der Waals surface area contributed by atoms with Gasteiger partial charge >= 0.3 is 6.18 Å². The highest BCUT2D eigenvalue weighted by Crippen LogP contribution is 2.45. The van der Waals surface area contributed by atoms with Crippen molar-refractivity contribution in [3.63, 3.8) is 0 Å². The van der Waals surface area contributed by atoms with Crippen molar-refractivity contribution < 1.29 is 30.4 Å². The normalized spacial score (nSPS) is 21.3. The summed E-state index contributed by atoms with van der Waals surface area (Å²) in [6.07, 6.45) is 1.38. The van der Waals surface area contributed by atoms with Crippen molar-refractivity contribution >= 4 is 21.5 Å². The third kappa shape index (κ3) is 5.87. The smallest absolute Gasteiger partial charge is 0.370 e. The molecular weight excluding hydrogens is 565 g/mol. The summed E-state index contributed by atoms with van der Waals surface area (Å²) in [5.74, 6) is -2.71. The number of aryl methyl sites for hydroxylation is 1. The Balaban J connectivity index is 1.41. The molecular formula is C28H30F5N5O2S. The Morgan fingerprint density at radius 2 is 1.85 bits per heavy atom. The molecule has 1 fully saturated rings. The van der Waals surface area contributed by atoms with Crippen molar-refractivity contribution in [1.82, 2.24) is 14.9 Å². The van der Waals surface area contributed by atoms with Gasteiger partial charge in [-0.05, 0) is 93.6 Å². The number of anilines is 2. The number of hydrogen-bond acceptors (Lipinski definition) is 6. The molecule has 1 aromatic heterocycles. The van der Waals surface area contributed by atoms with Crippen LogP contribution >= 0.6 is 0 Å². The summed E-state index contributed by atoms with van der Waals surface area (Å²) in [7, 11) is -0.806. The molecule has 0 saturated carbocycles. The van der Waals surface area contributed by atoms with Crippen molar-refractivity contribution in [3.8, 4) is 0 Å². The molecule has 2 heterocycles. The second-order valence-corrected chi connectivity index (χ2v) is 12.6. The molecule has 2 aromatic carbocycles. The third-order valence-corrected chi connectivity index (χ3v) is 9.65. The maximum atomic E-state index is 15.2. The van der Waals surface area contributed by atoms with Crippen molar-refractivity contribution in [2.45, 2.75) is 54.6 Å². The second kappa shape index (κ2) is 10.8. The van der Waals surface area contributed by atoms with Gasteiger partial charge in [0, 0.05) is 30.5 Å². The number of piperidine rings is 1. The van der Waals surface area contributed by atoms with E-state index in [4.69, 9.17) is 0 Å². The fourth-order valence-corrected chi connectivity index (χ4v) is 7.24. The molecule has 0 unspecified atom stereocenters. The molecule has 41 heavy (non-hydrogen) atoms. The Morgan fingerprint density at radius 1 is 1.12 bits per heavy atom. The number of hydrogen-bond donors (Lipinski definition) is 1. The molecule has 220 valence electrons. The van der Waals surface area contributed by atoms with Crippen LogP contribution in [0.15, 0.2) is 53.8 Å². The first kappa shape index (κ1) is 29.2. The first-order valence-corrected chi connectivity index (χ1v) is 14.7. The van der Waals surface area contributed by atoms with E-state index in [0.29, 0.717) is 37.9 Å². The molecule has 1 saturated heterocycles. The van der Waals surface area contributed by atoms with Crippen molar-refractivity contribution in [2.75, 3.05) is 36.8 Å².